The van der Waals surface area contributed by atoms with Crippen LogP contribution in [-0.4, -0.2) is 38.3 Å². The summed E-state index contributed by atoms with van der Waals surface area (Å²) in [7, 11) is 1.63. The second-order valence-corrected chi connectivity index (χ2v) is 6.42. The van der Waals surface area contributed by atoms with Gasteiger partial charge in [-0.05, 0) is 43.4 Å². The van der Waals surface area contributed by atoms with Gasteiger partial charge in [-0.3, -0.25) is 4.79 Å². The second kappa shape index (κ2) is 10.2. The van der Waals surface area contributed by atoms with Crippen LogP contribution < -0.4 is 11.1 Å². The van der Waals surface area contributed by atoms with Gasteiger partial charge in [-0.2, -0.15) is 0 Å². The minimum absolute atomic E-state index is 0. The summed E-state index contributed by atoms with van der Waals surface area (Å²) >= 11 is 5.91. The van der Waals surface area contributed by atoms with E-state index in [1.165, 1.54) is 0 Å². The Morgan fingerprint density at radius 3 is 2.46 bits per heavy atom. The topological polar surface area (TPSA) is 73.6 Å². The highest BCUT2D eigenvalue weighted by Crippen LogP contribution is 2.23. The number of nitrogens with two attached hydrogens (primary N) is 1. The Kier molecular flexibility index (Phi) is 9.02. The Balaban J connectivity index is 0.00000288. The zero-order chi connectivity index (χ0) is 16.8. The van der Waals surface area contributed by atoms with Crippen LogP contribution in [0, 0.1) is 5.92 Å². The maximum atomic E-state index is 12.4. The van der Waals surface area contributed by atoms with Crippen molar-refractivity contribution in [1.82, 2.24) is 5.32 Å². The van der Waals surface area contributed by atoms with Gasteiger partial charge >= 0.3 is 0 Å². The number of nitrogens with one attached hydrogen (secondary N) is 1. The van der Waals surface area contributed by atoms with Crippen molar-refractivity contribution in [2.45, 2.75) is 38.0 Å². The molecule has 1 aliphatic heterocycles. The summed E-state index contributed by atoms with van der Waals surface area (Å²) in [6.45, 7) is 3.26. The first-order valence-electron chi connectivity index (χ1n) is 7.95. The standard InChI is InChI=1S/C17H25ClN2O3.ClH/c1-11(16(22-2)13-3-5-14(18)6-4-13)20-17(21)15(19)12-7-9-23-10-8-12;/h3-6,11-12,15-16H,7-10,19H2,1-2H3,(H,20,21);1H. The number of carbonyl (C=O) groups is 1. The van der Waals surface area contributed by atoms with Crippen LogP contribution in [0.5, 0.6) is 0 Å². The number of rotatable bonds is 6. The van der Waals surface area contributed by atoms with Crippen LogP contribution in [-0.2, 0) is 14.3 Å². The largest absolute Gasteiger partial charge is 0.381 e. The molecule has 3 atom stereocenters. The summed E-state index contributed by atoms with van der Waals surface area (Å²) in [6, 6.07) is 6.72. The summed E-state index contributed by atoms with van der Waals surface area (Å²) < 4.78 is 10.9. The molecule has 1 saturated heterocycles. The first-order valence-corrected chi connectivity index (χ1v) is 8.32. The third-order valence-corrected chi connectivity index (χ3v) is 4.61. The van der Waals surface area contributed by atoms with E-state index in [1.807, 2.05) is 31.2 Å². The van der Waals surface area contributed by atoms with Gasteiger partial charge in [0, 0.05) is 25.3 Å². The van der Waals surface area contributed by atoms with Gasteiger partial charge < -0.3 is 20.5 Å². The normalized spacial score (nSPS) is 19.0. The average molecular weight is 377 g/mol. The van der Waals surface area contributed by atoms with E-state index in [4.69, 9.17) is 26.8 Å². The molecule has 0 aliphatic carbocycles. The van der Waals surface area contributed by atoms with Crippen molar-refractivity contribution in [3.63, 3.8) is 0 Å². The number of carbonyl (C=O) groups excluding carboxylic acids is 1. The number of halogens is 2. The SMILES string of the molecule is COC(c1ccc(Cl)cc1)C(C)NC(=O)C(N)C1CCOCC1.Cl. The molecule has 3 unspecified atom stereocenters. The number of benzene rings is 1. The molecule has 2 rings (SSSR count). The molecule has 5 nitrogen and oxygen atoms in total. The lowest BCUT2D eigenvalue weighted by molar-refractivity contribution is -0.126. The number of ether oxygens (including phenoxy) is 2. The van der Waals surface area contributed by atoms with Crippen molar-refractivity contribution in [2.75, 3.05) is 20.3 Å². The summed E-state index contributed by atoms with van der Waals surface area (Å²) in [6.07, 6.45) is 1.40. The van der Waals surface area contributed by atoms with Crippen LogP contribution in [0.2, 0.25) is 5.02 Å². The van der Waals surface area contributed by atoms with E-state index < -0.39 is 6.04 Å². The lowest BCUT2D eigenvalue weighted by Crippen LogP contribution is -2.50. The molecule has 0 spiro atoms. The average Bonchev–Trinajstić information content (AvgIpc) is 2.57. The fourth-order valence-corrected chi connectivity index (χ4v) is 3.09. The van der Waals surface area contributed by atoms with E-state index >= 15 is 0 Å². The van der Waals surface area contributed by atoms with Crippen LogP contribution >= 0.6 is 24.0 Å². The summed E-state index contributed by atoms with van der Waals surface area (Å²) in [5, 5.41) is 3.65. The van der Waals surface area contributed by atoms with E-state index in [0.29, 0.717) is 18.2 Å². The molecule has 1 aromatic carbocycles. The molecule has 1 amide bonds. The van der Waals surface area contributed by atoms with E-state index in [-0.39, 0.29) is 36.4 Å². The van der Waals surface area contributed by atoms with Crippen molar-refractivity contribution >= 4 is 29.9 Å². The zero-order valence-corrected chi connectivity index (χ0v) is 15.6. The van der Waals surface area contributed by atoms with Crippen LogP contribution in [0.3, 0.4) is 0 Å². The van der Waals surface area contributed by atoms with Crippen LogP contribution in [0.4, 0.5) is 0 Å². The van der Waals surface area contributed by atoms with Gasteiger partial charge in [-0.15, -0.1) is 12.4 Å². The van der Waals surface area contributed by atoms with E-state index in [0.717, 1.165) is 18.4 Å². The molecule has 1 aliphatic rings. The summed E-state index contributed by atoms with van der Waals surface area (Å²) in [5.41, 5.74) is 7.08. The van der Waals surface area contributed by atoms with Crippen molar-refractivity contribution < 1.29 is 14.3 Å². The third-order valence-electron chi connectivity index (χ3n) is 4.35. The van der Waals surface area contributed by atoms with Crippen molar-refractivity contribution in [3.05, 3.63) is 34.9 Å². The van der Waals surface area contributed by atoms with E-state index in [1.54, 1.807) is 7.11 Å². The second-order valence-electron chi connectivity index (χ2n) is 5.98. The highest BCUT2D eigenvalue weighted by atomic mass is 35.5. The fraction of sp³-hybridized carbons (Fsp3) is 0.588. The first-order chi connectivity index (χ1) is 11.0. The molecular formula is C17H26Cl2N2O3. The number of amides is 1. The monoisotopic (exact) mass is 376 g/mol. The third kappa shape index (κ3) is 5.60. The van der Waals surface area contributed by atoms with Gasteiger partial charge in [0.1, 0.15) is 6.10 Å². The highest BCUT2D eigenvalue weighted by Gasteiger charge is 2.29. The minimum Gasteiger partial charge on any atom is -0.381 e. The summed E-state index contributed by atoms with van der Waals surface area (Å²) in [4.78, 5) is 12.4. The van der Waals surface area contributed by atoms with Crippen molar-refractivity contribution in [1.29, 1.82) is 0 Å². The maximum absolute atomic E-state index is 12.4. The Bertz CT molecular complexity index is 507. The molecule has 136 valence electrons. The Labute approximate surface area is 154 Å². The molecule has 1 aromatic rings. The predicted octanol–water partition coefficient (Wildman–Crippen LogP) is 2.71. The van der Waals surface area contributed by atoms with Crippen molar-refractivity contribution in [2.24, 2.45) is 11.7 Å². The minimum atomic E-state index is -0.510. The van der Waals surface area contributed by atoms with Crippen LogP contribution in [0.25, 0.3) is 0 Å². The smallest absolute Gasteiger partial charge is 0.237 e. The Morgan fingerprint density at radius 1 is 1.33 bits per heavy atom. The summed E-state index contributed by atoms with van der Waals surface area (Å²) in [5.74, 6) is 0.0351. The molecule has 0 radical (unpaired) electrons. The number of hydrogen-bond donors (Lipinski definition) is 2. The maximum Gasteiger partial charge on any atom is 0.237 e. The molecule has 0 bridgehead atoms. The number of hydrogen-bond acceptors (Lipinski definition) is 4. The highest BCUT2D eigenvalue weighted by molar-refractivity contribution is 6.30. The van der Waals surface area contributed by atoms with Gasteiger partial charge in [0.25, 0.3) is 0 Å². The molecule has 1 heterocycles. The molecular weight excluding hydrogens is 351 g/mol. The van der Waals surface area contributed by atoms with Gasteiger partial charge in [-0.1, -0.05) is 23.7 Å². The van der Waals surface area contributed by atoms with Gasteiger partial charge in [0.15, 0.2) is 0 Å². The molecule has 3 N–H and O–H groups in total. The molecule has 0 aromatic heterocycles. The van der Waals surface area contributed by atoms with E-state index in [2.05, 4.69) is 5.32 Å². The molecule has 1 fully saturated rings. The van der Waals surface area contributed by atoms with E-state index in [9.17, 15) is 4.79 Å². The predicted molar refractivity (Wildman–Crippen MR) is 97.6 cm³/mol. The van der Waals surface area contributed by atoms with Crippen molar-refractivity contribution in [3.8, 4) is 0 Å². The first kappa shape index (κ1) is 21.2. The molecule has 7 heteroatoms. The molecule has 24 heavy (non-hydrogen) atoms. The lowest BCUT2D eigenvalue weighted by atomic mass is 9.91. The van der Waals surface area contributed by atoms with Crippen LogP contribution in [0.1, 0.15) is 31.4 Å². The Morgan fingerprint density at radius 2 is 1.92 bits per heavy atom. The van der Waals surface area contributed by atoms with Gasteiger partial charge in [0.2, 0.25) is 5.91 Å². The number of methoxy groups -OCH3 is 1. The van der Waals surface area contributed by atoms with Gasteiger partial charge in [-0.25, -0.2) is 0 Å². The fourth-order valence-electron chi connectivity index (χ4n) is 2.97. The quantitative estimate of drug-likeness (QED) is 0.800. The van der Waals surface area contributed by atoms with Crippen LogP contribution in [0.15, 0.2) is 24.3 Å². The van der Waals surface area contributed by atoms with Gasteiger partial charge in [0.05, 0.1) is 12.1 Å². The lowest BCUT2D eigenvalue weighted by Gasteiger charge is -2.29. The molecule has 0 saturated carbocycles. The zero-order valence-electron chi connectivity index (χ0n) is 14.0. The Hall–Kier alpha value is -0.850.